The van der Waals surface area contributed by atoms with Crippen LogP contribution in [-0.4, -0.2) is 11.1 Å². The Labute approximate surface area is 86.7 Å². The molecular weight excluding hydrogens is 176 g/mol. The van der Waals surface area contributed by atoms with Gasteiger partial charge in [0.1, 0.15) is 0 Å². The van der Waals surface area contributed by atoms with E-state index >= 15 is 0 Å². The van der Waals surface area contributed by atoms with Crippen LogP contribution in [0, 0.1) is 23.2 Å². The Morgan fingerprint density at radius 2 is 2.00 bits per heavy atom. The lowest BCUT2D eigenvalue weighted by atomic mass is 9.78. The van der Waals surface area contributed by atoms with Gasteiger partial charge in [0.15, 0.2) is 0 Å². The first-order valence-corrected chi connectivity index (χ1v) is 5.12. The van der Waals surface area contributed by atoms with E-state index in [1.807, 2.05) is 13.8 Å². The Bertz CT molecular complexity index is 243. The van der Waals surface area contributed by atoms with Crippen molar-refractivity contribution in [3.8, 4) is 11.8 Å². The first-order chi connectivity index (χ1) is 6.42. The zero-order valence-corrected chi connectivity index (χ0v) is 9.55. The standard InChI is InChI=1S/C12H20O2/c1-5-6-7-8-9-10(2)12(3,4)11(13)14/h10H,5,8-9H2,1-4H3,(H,13,14). The second-order valence-corrected chi connectivity index (χ2v) is 4.17. The third-order valence-electron chi connectivity index (χ3n) is 2.79. The normalized spacial score (nSPS) is 12.9. The maximum atomic E-state index is 10.9. The van der Waals surface area contributed by atoms with Crippen molar-refractivity contribution in [1.29, 1.82) is 0 Å². The number of hydrogen-bond acceptors (Lipinski definition) is 1. The van der Waals surface area contributed by atoms with E-state index in [0.29, 0.717) is 0 Å². The molecule has 2 nitrogen and oxygen atoms in total. The van der Waals surface area contributed by atoms with Crippen LogP contribution in [0.1, 0.15) is 47.0 Å². The van der Waals surface area contributed by atoms with Crippen LogP contribution in [0.3, 0.4) is 0 Å². The fourth-order valence-electron chi connectivity index (χ4n) is 1.07. The van der Waals surface area contributed by atoms with Gasteiger partial charge in [-0.2, -0.15) is 0 Å². The number of aliphatic carboxylic acids is 1. The monoisotopic (exact) mass is 196 g/mol. The molecule has 0 aliphatic rings. The Balaban J connectivity index is 4.08. The lowest BCUT2D eigenvalue weighted by molar-refractivity contribution is -0.149. The highest BCUT2D eigenvalue weighted by Crippen LogP contribution is 2.29. The van der Waals surface area contributed by atoms with E-state index in [0.717, 1.165) is 19.3 Å². The average molecular weight is 196 g/mol. The minimum atomic E-state index is -0.728. The van der Waals surface area contributed by atoms with Crippen molar-refractivity contribution in [2.45, 2.75) is 47.0 Å². The van der Waals surface area contributed by atoms with E-state index < -0.39 is 11.4 Å². The van der Waals surface area contributed by atoms with Crippen LogP contribution >= 0.6 is 0 Å². The predicted molar refractivity (Wildman–Crippen MR) is 57.9 cm³/mol. The summed E-state index contributed by atoms with van der Waals surface area (Å²) in [7, 11) is 0. The van der Waals surface area contributed by atoms with Gasteiger partial charge in [-0.15, -0.1) is 11.8 Å². The Morgan fingerprint density at radius 1 is 1.43 bits per heavy atom. The van der Waals surface area contributed by atoms with Gasteiger partial charge in [0, 0.05) is 12.8 Å². The van der Waals surface area contributed by atoms with Crippen LogP contribution in [-0.2, 0) is 4.79 Å². The third-order valence-corrected chi connectivity index (χ3v) is 2.79. The van der Waals surface area contributed by atoms with Crippen molar-refractivity contribution in [3.63, 3.8) is 0 Å². The molecule has 0 aliphatic carbocycles. The van der Waals surface area contributed by atoms with Gasteiger partial charge in [-0.1, -0.05) is 13.8 Å². The summed E-state index contributed by atoms with van der Waals surface area (Å²) >= 11 is 0. The summed E-state index contributed by atoms with van der Waals surface area (Å²) < 4.78 is 0. The van der Waals surface area contributed by atoms with E-state index in [-0.39, 0.29) is 5.92 Å². The zero-order chi connectivity index (χ0) is 11.2. The highest BCUT2D eigenvalue weighted by Gasteiger charge is 2.32. The molecule has 0 fully saturated rings. The summed E-state index contributed by atoms with van der Waals surface area (Å²) in [6, 6.07) is 0. The van der Waals surface area contributed by atoms with Crippen LogP contribution in [0.5, 0.6) is 0 Å². The largest absolute Gasteiger partial charge is 0.481 e. The van der Waals surface area contributed by atoms with Crippen LogP contribution in [0.15, 0.2) is 0 Å². The minimum absolute atomic E-state index is 0.158. The van der Waals surface area contributed by atoms with Gasteiger partial charge in [0.05, 0.1) is 5.41 Å². The summed E-state index contributed by atoms with van der Waals surface area (Å²) in [6.45, 7) is 7.53. The van der Waals surface area contributed by atoms with Crippen LogP contribution in [0.2, 0.25) is 0 Å². The molecule has 80 valence electrons. The third kappa shape index (κ3) is 3.83. The second kappa shape index (κ2) is 5.70. The highest BCUT2D eigenvalue weighted by atomic mass is 16.4. The molecule has 0 aromatic heterocycles. The second-order valence-electron chi connectivity index (χ2n) is 4.17. The molecule has 0 saturated heterocycles. The fraction of sp³-hybridized carbons (Fsp3) is 0.750. The van der Waals surface area contributed by atoms with E-state index in [9.17, 15) is 4.79 Å². The van der Waals surface area contributed by atoms with Gasteiger partial charge >= 0.3 is 5.97 Å². The van der Waals surface area contributed by atoms with Crippen molar-refractivity contribution < 1.29 is 9.90 Å². The molecule has 0 bridgehead atoms. The average Bonchev–Trinajstić information content (AvgIpc) is 2.11. The SMILES string of the molecule is CCC#CCCC(C)C(C)(C)C(=O)O. The van der Waals surface area contributed by atoms with Crippen LogP contribution in [0.25, 0.3) is 0 Å². The predicted octanol–water partition coefficient (Wildman–Crippen LogP) is 2.93. The maximum Gasteiger partial charge on any atom is 0.309 e. The molecule has 0 heterocycles. The molecule has 0 aromatic carbocycles. The van der Waals surface area contributed by atoms with Crippen molar-refractivity contribution in [1.82, 2.24) is 0 Å². The number of rotatable bonds is 4. The first-order valence-electron chi connectivity index (χ1n) is 5.12. The molecule has 0 aromatic rings. The van der Waals surface area contributed by atoms with Crippen LogP contribution in [0.4, 0.5) is 0 Å². The number of carboxylic acid groups (broad SMARTS) is 1. The van der Waals surface area contributed by atoms with Gasteiger partial charge in [-0.3, -0.25) is 4.79 Å². The Morgan fingerprint density at radius 3 is 2.43 bits per heavy atom. The molecule has 0 spiro atoms. The minimum Gasteiger partial charge on any atom is -0.481 e. The summed E-state index contributed by atoms with van der Waals surface area (Å²) in [5.74, 6) is 5.45. The molecule has 0 radical (unpaired) electrons. The molecule has 14 heavy (non-hydrogen) atoms. The molecule has 2 heteroatoms. The highest BCUT2D eigenvalue weighted by molar-refractivity contribution is 5.73. The summed E-state index contributed by atoms with van der Waals surface area (Å²) in [5.41, 5.74) is -0.645. The topological polar surface area (TPSA) is 37.3 Å². The number of carboxylic acids is 1. The molecule has 0 saturated carbocycles. The molecule has 0 amide bonds. The molecule has 0 aliphatic heterocycles. The van der Waals surface area contributed by atoms with Crippen molar-refractivity contribution in [2.75, 3.05) is 0 Å². The quantitative estimate of drug-likeness (QED) is 0.702. The van der Waals surface area contributed by atoms with Gasteiger partial charge in [-0.05, 0) is 26.2 Å². The molecule has 1 atom stereocenters. The van der Waals surface area contributed by atoms with Crippen molar-refractivity contribution in [2.24, 2.45) is 11.3 Å². The van der Waals surface area contributed by atoms with Gasteiger partial charge < -0.3 is 5.11 Å². The molecule has 1 N–H and O–H groups in total. The van der Waals surface area contributed by atoms with Crippen molar-refractivity contribution >= 4 is 5.97 Å². The van der Waals surface area contributed by atoms with E-state index in [2.05, 4.69) is 11.8 Å². The van der Waals surface area contributed by atoms with Crippen LogP contribution < -0.4 is 0 Å². The summed E-state index contributed by atoms with van der Waals surface area (Å²) in [5, 5.41) is 8.98. The van der Waals surface area contributed by atoms with Gasteiger partial charge in [-0.25, -0.2) is 0 Å². The molecule has 0 rings (SSSR count). The lowest BCUT2D eigenvalue weighted by Gasteiger charge is -2.26. The van der Waals surface area contributed by atoms with E-state index in [1.165, 1.54) is 0 Å². The van der Waals surface area contributed by atoms with Gasteiger partial charge in [0.2, 0.25) is 0 Å². The molecule has 1 unspecified atom stereocenters. The Kier molecular flexibility index (Phi) is 5.30. The maximum absolute atomic E-state index is 10.9. The smallest absolute Gasteiger partial charge is 0.309 e. The number of hydrogen-bond donors (Lipinski definition) is 1. The Hall–Kier alpha value is -0.970. The van der Waals surface area contributed by atoms with E-state index in [4.69, 9.17) is 5.11 Å². The summed E-state index contributed by atoms with van der Waals surface area (Å²) in [4.78, 5) is 10.9. The van der Waals surface area contributed by atoms with Gasteiger partial charge in [0.25, 0.3) is 0 Å². The molecular formula is C12H20O2. The lowest BCUT2D eigenvalue weighted by Crippen LogP contribution is -2.31. The summed E-state index contributed by atoms with van der Waals surface area (Å²) in [6.07, 6.45) is 2.52. The van der Waals surface area contributed by atoms with E-state index in [1.54, 1.807) is 13.8 Å². The fourth-order valence-corrected chi connectivity index (χ4v) is 1.07. The zero-order valence-electron chi connectivity index (χ0n) is 9.55. The number of carbonyl (C=O) groups is 1. The first kappa shape index (κ1) is 13.0. The van der Waals surface area contributed by atoms with Crippen molar-refractivity contribution in [3.05, 3.63) is 0 Å².